The number of nitrogen functional groups attached to an aromatic ring is 1. The van der Waals surface area contributed by atoms with E-state index in [0.29, 0.717) is 30.0 Å². The van der Waals surface area contributed by atoms with Crippen LogP contribution in [-0.2, 0) is 13.0 Å². The standard InChI is InChI=1S/C20H23N7S/c1-23-20(25-14-16-9-6-12-28-16)24-11-5-10-18-17(13-21)19(22)27(26-18)15-7-3-2-4-8-15/h2-4,6-9,12H,5,10-11,14,22H2,1H3,(H2,23,24,25). The Morgan fingerprint density at radius 1 is 1.25 bits per heavy atom. The third-order valence-corrected chi connectivity index (χ3v) is 5.10. The van der Waals surface area contributed by atoms with E-state index in [1.807, 2.05) is 36.4 Å². The number of hydrogen-bond acceptors (Lipinski definition) is 5. The van der Waals surface area contributed by atoms with E-state index in [2.05, 4.69) is 38.2 Å². The van der Waals surface area contributed by atoms with Crippen molar-refractivity contribution in [1.82, 2.24) is 20.4 Å². The second-order valence-electron chi connectivity index (χ2n) is 6.10. The highest BCUT2D eigenvalue weighted by Gasteiger charge is 2.16. The molecule has 0 aliphatic heterocycles. The van der Waals surface area contributed by atoms with Gasteiger partial charge in [-0.2, -0.15) is 10.4 Å². The topological polar surface area (TPSA) is 104 Å². The number of thiophene rings is 1. The maximum Gasteiger partial charge on any atom is 0.191 e. The lowest BCUT2D eigenvalue weighted by Gasteiger charge is -2.10. The first kappa shape index (κ1) is 19.5. The summed E-state index contributed by atoms with van der Waals surface area (Å²) in [4.78, 5) is 5.48. The van der Waals surface area contributed by atoms with Crippen molar-refractivity contribution in [3.05, 3.63) is 64.0 Å². The highest BCUT2D eigenvalue weighted by molar-refractivity contribution is 7.09. The average Bonchev–Trinajstić information content (AvgIpc) is 3.35. The van der Waals surface area contributed by atoms with Gasteiger partial charge in [-0.1, -0.05) is 24.3 Å². The lowest BCUT2D eigenvalue weighted by molar-refractivity contribution is 0.723. The number of anilines is 1. The number of para-hydroxylation sites is 1. The third-order valence-electron chi connectivity index (χ3n) is 4.22. The van der Waals surface area contributed by atoms with Crippen molar-refractivity contribution in [2.75, 3.05) is 19.3 Å². The van der Waals surface area contributed by atoms with Gasteiger partial charge in [0.1, 0.15) is 17.5 Å². The number of nitriles is 1. The summed E-state index contributed by atoms with van der Waals surface area (Å²) in [5.74, 6) is 1.13. The SMILES string of the molecule is CN=C(NCCCc1nn(-c2ccccc2)c(N)c1C#N)NCc1cccs1. The Hall–Kier alpha value is -3.31. The highest BCUT2D eigenvalue weighted by Crippen LogP contribution is 2.21. The molecule has 3 rings (SSSR count). The summed E-state index contributed by atoms with van der Waals surface area (Å²) in [6.45, 7) is 1.46. The highest BCUT2D eigenvalue weighted by atomic mass is 32.1. The summed E-state index contributed by atoms with van der Waals surface area (Å²) >= 11 is 1.71. The first-order chi connectivity index (χ1) is 13.7. The smallest absolute Gasteiger partial charge is 0.191 e. The predicted octanol–water partition coefficient (Wildman–Crippen LogP) is 2.69. The van der Waals surface area contributed by atoms with Crippen LogP contribution >= 0.6 is 11.3 Å². The molecule has 0 aliphatic rings. The van der Waals surface area contributed by atoms with Gasteiger partial charge in [-0.05, 0) is 36.4 Å². The van der Waals surface area contributed by atoms with Crippen molar-refractivity contribution in [2.45, 2.75) is 19.4 Å². The molecule has 0 spiro atoms. The minimum atomic E-state index is 0.380. The fourth-order valence-corrected chi connectivity index (χ4v) is 3.45. The quantitative estimate of drug-likeness (QED) is 0.325. The number of nitrogens with one attached hydrogen (secondary N) is 2. The van der Waals surface area contributed by atoms with Gasteiger partial charge in [0.2, 0.25) is 0 Å². The monoisotopic (exact) mass is 393 g/mol. The molecule has 28 heavy (non-hydrogen) atoms. The van der Waals surface area contributed by atoms with Gasteiger partial charge >= 0.3 is 0 Å². The number of guanidine groups is 1. The second-order valence-corrected chi connectivity index (χ2v) is 7.13. The molecule has 0 atom stereocenters. The molecule has 3 aromatic rings. The van der Waals surface area contributed by atoms with E-state index >= 15 is 0 Å². The van der Waals surface area contributed by atoms with Crippen LogP contribution in [0.5, 0.6) is 0 Å². The van der Waals surface area contributed by atoms with E-state index in [4.69, 9.17) is 5.73 Å². The van der Waals surface area contributed by atoms with Gasteiger partial charge < -0.3 is 16.4 Å². The number of aliphatic imine (C=N–C) groups is 1. The Kier molecular flexibility index (Phi) is 6.65. The van der Waals surface area contributed by atoms with Crippen LogP contribution in [0.3, 0.4) is 0 Å². The zero-order chi connectivity index (χ0) is 19.8. The predicted molar refractivity (Wildman–Crippen MR) is 114 cm³/mol. The van der Waals surface area contributed by atoms with E-state index in [0.717, 1.165) is 24.6 Å². The summed E-state index contributed by atoms with van der Waals surface area (Å²) < 4.78 is 1.63. The molecule has 0 saturated carbocycles. The fourth-order valence-electron chi connectivity index (χ4n) is 2.81. The van der Waals surface area contributed by atoms with Crippen LogP contribution in [0.2, 0.25) is 0 Å². The molecule has 144 valence electrons. The van der Waals surface area contributed by atoms with Crippen LogP contribution in [0.15, 0.2) is 52.8 Å². The van der Waals surface area contributed by atoms with Gasteiger partial charge in [-0.15, -0.1) is 11.3 Å². The summed E-state index contributed by atoms with van der Waals surface area (Å²) in [5.41, 5.74) is 8.15. The Morgan fingerprint density at radius 2 is 2.07 bits per heavy atom. The minimum Gasteiger partial charge on any atom is -0.382 e. The molecule has 1 aromatic carbocycles. The van der Waals surface area contributed by atoms with Gasteiger partial charge in [0.05, 0.1) is 17.9 Å². The molecule has 0 fully saturated rings. The molecular weight excluding hydrogens is 370 g/mol. The zero-order valence-electron chi connectivity index (χ0n) is 15.7. The molecule has 7 nitrogen and oxygen atoms in total. The Balaban J connectivity index is 1.55. The van der Waals surface area contributed by atoms with E-state index in [1.54, 1.807) is 23.1 Å². The number of nitrogens with two attached hydrogens (primary N) is 1. The molecule has 0 unspecified atom stereocenters. The number of benzene rings is 1. The van der Waals surface area contributed by atoms with Crippen LogP contribution in [0.25, 0.3) is 5.69 Å². The van der Waals surface area contributed by atoms with Crippen LogP contribution in [0.1, 0.15) is 22.6 Å². The molecule has 2 heterocycles. The summed E-state index contributed by atoms with van der Waals surface area (Å²) in [6, 6.07) is 15.9. The van der Waals surface area contributed by atoms with Gasteiger partial charge in [-0.25, -0.2) is 4.68 Å². The van der Waals surface area contributed by atoms with Crippen molar-refractivity contribution in [1.29, 1.82) is 5.26 Å². The molecule has 2 aromatic heterocycles. The lowest BCUT2D eigenvalue weighted by Crippen LogP contribution is -2.37. The number of rotatable bonds is 7. The molecule has 0 aliphatic carbocycles. The lowest BCUT2D eigenvalue weighted by atomic mass is 10.1. The van der Waals surface area contributed by atoms with Crippen molar-refractivity contribution >= 4 is 23.1 Å². The molecule has 0 saturated heterocycles. The number of aryl methyl sites for hydroxylation is 1. The second kappa shape index (κ2) is 9.58. The van der Waals surface area contributed by atoms with E-state index in [1.165, 1.54) is 4.88 Å². The molecule has 0 radical (unpaired) electrons. The van der Waals surface area contributed by atoms with Crippen LogP contribution in [0, 0.1) is 11.3 Å². The third kappa shape index (κ3) is 4.69. The van der Waals surface area contributed by atoms with Gasteiger partial charge in [-0.3, -0.25) is 4.99 Å². The van der Waals surface area contributed by atoms with Gasteiger partial charge in [0.15, 0.2) is 5.96 Å². The number of hydrogen-bond donors (Lipinski definition) is 3. The van der Waals surface area contributed by atoms with Crippen LogP contribution in [-0.4, -0.2) is 29.3 Å². The van der Waals surface area contributed by atoms with Crippen molar-refractivity contribution < 1.29 is 0 Å². The normalized spacial score (nSPS) is 11.2. The largest absolute Gasteiger partial charge is 0.382 e. The molecule has 8 heteroatoms. The van der Waals surface area contributed by atoms with E-state index in [9.17, 15) is 5.26 Å². The van der Waals surface area contributed by atoms with Crippen molar-refractivity contribution in [3.63, 3.8) is 0 Å². The Labute approximate surface area is 168 Å². The molecule has 4 N–H and O–H groups in total. The Bertz CT molecular complexity index is 953. The van der Waals surface area contributed by atoms with Crippen LogP contribution in [0.4, 0.5) is 5.82 Å². The summed E-state index contributed by atoms with van der Waals surface area (Å²) in [7, 11) is 1.75. The molecular formula is C20H23N7S. The van der Waals surface area contributed by atoms with Crippen molar-refractivity contribution in [3.8, 4) is 11.8 Å². The van der Waals surface area contributed by atoms with Gasteiger partial charge in [0.25, 0.3) is 0 Å². The average molecular weight is 394 g/mol. The number of aromatic nitrogens is 2. The Morgan fingerprint density at radius 3 is 2.75 bits per heavy atom. The maximum atomic E-state index is 9.48. The molecule has 0 amide bonds. The first-order valence-electron chi connectivity index (χ1n) is 9.02. The van der Waals surface area contributed by atoms with E-state index < -0.39 is 0 Å². The first-order valence-corrected chi connectivity index (χ1v) is 9.90. The number of nitrogens with zero attached hydrogens (tertiary/aromatic N) is 4. The minimum absolute atomic E-state index is 0.380. The maximum absolute atomic E-state index is 9.48. The summed E-state index contributed by atoms with van der Waals surface area (Å²) in [5, 5.41) is 22.7. The fraction of sp³-hybridized carbons (Fsp3) is 0.250. The van der Waals surface area contributed by atoms with Gasteiger partial charge in [0, 0.05) is 18.5 Å². The molecule has 0 bridgehead atoms. The van der Waals surface area contributed by atoms with Crippen molar-refractivity contribution in [2.24, 2.45) is 4.99 Å². The van der Waals surface area contributed by atoms with E-state index in [-0.39, 0.29) is 0 Å². The van der Waals surface area contributed by atoms with Crippen LogP contribution < -0.4 is 16.4 Å². The zero-order valence-corrected chi connectivity index (χ0v) is 16.5. The summed E-state index contributed by atoms with van der Waals surface area (Å²) in [6.07, 6.45) is 1.46.